The summed E-state index contributed by atoms with van der Waals surface area (Å²) < 4.78 is 35.4. The van der Waals surface area contributed by atoms with E-state index in [2.05, 4.69) is 23.1 Å². The number of phosphoric acid groups is 2. The summed E-state index contributed by atoms with van der Waals surface area (Å²) in [5.41, 5.74) is 0. The minimum absolute atomic E-state index is 0.537. The van der Waals surface area contributed by atoms with Crippen LogP contribution < -0.4 is 0 Å². The van der Waals surface area contributed by atoms with Crippen molar-refractivity contribution in [1.29, 1.82) is 0 Å². The third-order valence-electron chi connectivity index (χ3n) is 1.12. The van der Waals surface area contributed by atoms with Crippen molar-refractivity contribution in [2.24, 2.45) is 0 Å². The lowest BCUT2D eigenvalue weighted by Crippen LogP contribution is -2.14. The molecule has 0 aliphatic carbocycles. The Morgan fingerprint density at radius 2 is 1.33 bits per heavy atom. The Balaban J connectivity index is 4.02. The van der Waals surface area contributed by atoms with Crippen LogP contribution in [-0.2, 0) is 32.3 Å². The standard InChI is InChI=1S/C6H12Cl4O9P2/c1-5(7,8)17-20(11,12)16-4-3-15-19-21(13,14)18-6(2,9)10/h3-4H2,1-2H3,(H,11,12)(H,13,14). The van der Waals surface area contributed by atoms with Crippen LogP contribution in [0.2, 0.25) is 0 Å². The molecule has 9 nitrogen and oxygen atoms in total. The van der Waals surface area contributed by atoms with Crippen molar-refractivity contribution in [2.75, 3.05) is 13.2 Å². The van der Waals surface area contributed by atoms with Gasteiger partial charge in [-0.2, -0.15) is 0 Å². The highest BCUT2D eigenvalue weighted by molar-refractivity contribution is 7.47. The molecule has 0 fully saturated rings. The molecule has 0 saturated carbocycles. The lowest BCUT2D eigenvalue weighted by atomic mass is 10.8. The molecule has 0 aromatic carbocycles. The number of phosphoric ester groups is 2. The average Bonchev–Trinajstić information content (AvgIpc) is 2.07. The van der Waals surface area contributed by atoms with Crippen LogP contribution in [0.1, 0.15) is 13.8 Å². The first kappa shape index (κ1) is 22.3. The topological polar surface area (TPSA) is 121 Å². The first-order chi connectivity index (χ1) is 9.12. The van der Waals surface area contributed by atoms with Crippen LogP contribution in [-0.4, -0.2) is 32.0 Å². The van der Waals surface area contributed by atoms with Gasteiger partial charge in [-0.05, 0) is 13.8 Å². The first-order valence-electron chi connectivity index (χ1n) is 4.90. The van der Waals surface area contributed by atoms with E-state index in [9.17, 15) is 9.13 Å². The molecule has 0 aliphatic rings. The zero-order valence-electron chi connectivity index (χ0n) is 10.6. The van der Waals surface area contributed by atoms with Gasteiger partial charge in [-0.1, -0.05) is 46.4 Å². The third-order valence-corrected chi connectivity index (χ3v) is 3.85. The predicted octanol–water partition coefficient (Wildman–Crippen LogP) is 3.49. The molecule has 128 valence electrons. The fourth-order valence-corrected chi connectivity index (χ4v) is 3.19. The Kier molecular flexibility index (Phi) is 8.98. The largest absolute Gasteiger partial charge is 0.502 e. The fraction of sp³-hybridized carbons (Fsp3) is 1.00. The van der Waals surface area contributed by atoms with Crippen LogP contribution in [0.25, 0.3) is 0 Å². The molecule has 0 radical (unpaired) electrons. The van der Waals surface area contributed by atoms with Crippen LogP contribution in [0.4, 0.5) is 0 Å². The molecule has 0 saturated heterocycles. The molecule has 0 spiro atoms. The second-order valence-corrected chi connectivity index (χ2v) is 9.38. The summed E-state index contributed by atoms with van der Waals surface area (Å²) in [7, 11) is -9.21. The Morgan fingerprint density at radius 1 is 0.905 bits per heavy atom. The van der Waals surface area contributed by atoms with Crippen LogP contribution in [0.3, 0.4) is 0 Å². The van der Waals surface area contributed by atoms with E-state index >= 15 is 0 Å². The number of hydrogen-bond donors (Lipinski definition) is 2. The molecule has 0 bridgehead atoms. The lowest BCUT2D eigenvalue weighted by Gasteiger charge is -2.19. The maximum Gasteiger partial charge on any atom is 0.502 e. The number of alkyl halides is 4. The zero-order valence-corrected chi connectivity index (χ0v) is 15.4. The summed E-state index contributed by atoms with van der Waals surface area (Å²) in [5.74, 6) is 0. The maximum absolute atomic E-state index is 11.3. The van der Waals surface area contributed by atoms with Crippen molar-refractivity contribution in [3.05, 3.63) is 0 Å². The number of halogens is 4. The molecule has 21 heavy (non-hydrogen) atoms. The van der Waals surface area contributed by atoms with Crippen molar-refractivity contribution >= 4 is 62.0 Å². The van der Waals surface area contributed by atoms with Crippen molar-refractivity contribution in [2.45, 2.75) is 22.9 Å². The van der Waals surface area contributed by atoms with Gasteiger partial charge in [0.05, 0.1) is 6.61 Å². The molecule has 0 rings (SSSR count). The van der Waals surface area contributed by atoms with Gasteiger partial charge in [0.15, 0.2) is 0 Å². The van der Waals surface area contributed by atoms with E-state index in [-0.39, 0.29) is 0 Å². The van der Waals surface area contributed by atoms with E-state index in [1.54, 1.807) is 0 Å². The summed E-state index contributed by atoms with van der Waals surface area (Å²) in [6, 6.07) is 0. The van der Waals surface area contributed by atoms with E-state index in [4.69, 9.17) is 56.2 Å². The predicted molar refractivity (Wildman–Crippen MR) is 75.0 cm³/mol. The van der Waals surface area contributed by atoms with Gasteiger partial charge < -0.3 is 9.79 Å². The Hall–Kier alpha value is 1.34. The Bertz CT molecular complexity index is 381. The van der Waals surface area contributed by atoms with Gasteiger partial charge in [-0.3, -0.25) is 4.52 Å². The molecular formula is C6H12Cl4O9P2. The van der Waals surface area contributed by atoms with Crippen molar-refractivity contribution in [3.8, 4) is 0 Å². The van der Waals surface area contributed by atoms with Crippen LogP contribution in [0.15, 0.2) is 0 Å². The second-order valence-electron chi connectivity index (χ2n) is 3.47. The van der Waals surface area contributed by atoms with E-state index in [1.807, 2.05) is 0 Å². The summed E-state index contributed by atoms with van der Waals surface area (Å²) in [6.07, 6.45) is 0. The van der Waals surface area contributed by atoms with Gasteiger partial charge >= 0.3 is 15.6 Å². The van der Waals surface area contributed by atoms with E-state index in [0.29, 0.717) is 0 Å². The highest BCUT2D eigenvalue weighted by Gasteiger charge is 2.34. The van der Waals surface area contributed by atoms with E-state index in [1.165, 1.54) is 0 Å². The maximum atomic E-state index is 11.3. The smallest absolute Gasteiger partial charge is 0.302 e. The normalized spacial score (nSPS) is 19.0. The van der Waals surface area contributed by atoms with Crippen molar-refractivity contribution in [1.82, 2.24) is 0 Å². The first-order valence-corrected chi connectivity index (χ1v) is 9.41. The molecule has 0 aromatic rings. The molecule has 0 heterocycles. The summed E-state index contributed by atoms with van der Waals surface area (Å²) in [5, 5.41) is 0. The van der Waals surface area contributed by atoms with Crippen molar-refractivity contribution in [3.63, 3.8) is 0 Å². The lowest BCUT2D eigenvalue weighted by molar-refractivity contribution is -0.229. The van der Waals surface area contributed by atoms with E-state index < -0.39 is 37.9 Å². The molecule has 2 unspecified atom stereocenters. The molecule has 0 amide bonds. The molecule has 0 aliphatic heterocycles. The molecule has 2 N–H and O–H groups in total. The van der Waals surface area contributed by atoms with Crippen LogP contribution in [0, 0.1) is 0 Å². The summed E-state index contributed by atoms with van der Waals surface area (Å²) >= 11 is 21.3. The highest BCUT2D eigenvalue weighted by atomic mass is 35.5. The van der Waals surface area contributed by atoms with Crippen molar-refractivity contribution < 1.29 is 42.1 Å². The van der Waals surface area contributed by atoms with Gasteiger partial charge in [0.25, 0.3) is 0 Å². The number of rotatable bonds is 10. The zero-order chi connectivity index (χ0) is 16.9. The molecule has 2 atom stereocenters. The van der Waals surface area contributed by atoms with Gasteiger partial charge in [0, 0.05) is 0 Å². The minimum Gasteiger partial charge on any atom is -0.302 e. The monoisotopic (exact) mass is 430 g/mol. The second kappa shape index (κ2) is 8.44. The van der Waals surface area contributed by atoms with E-state index in [0.717, 1.165) is 13.8 Å². The van der Waals surface area contributed by atoms with Gasteiger partial charge in [-0.25, -0.2) is 23.1 Å². The van der Waals surface area contributed by atoms with Gasteiger partial charge in [0.2, 0.25) is 9.04 Å². The molecule has 15 heteroatoms. The average molecular weight is 432 g/mol. The van der Waals surface area contributed by atoms with Crippen LogP contribution >= 0.6 is 62.0 Å². The quantitative estimate of drug-likeness (QED) is 0.176. The third kappa shape index (κ3) is 14.7. The summed E-state index contributed by atoms with van der Waals surface area (Å²) in [4.78, 5) is 22.5. The highest BCUT2D eigenvalue weighted by Crippen LogP contribution is 2.51. The van der Waals surface area contributed by atoms with Gasteiger partial charge in [0.1, 0.15) is 6.61 Å². The SMILES string of the molecule is CC(Cl)(Cl)OP(=O)(O)OCCOOP(=O)(O)OC(C)(Cl)Cl. The van der Waals surface area contributed by atoms with Crippen LogP contribution in [0.5, 0.6) is 0 Å². The van der Waals surface area contributed by atoms with Gasteiger partial charge in [-0.15, -0.1) is 4.67 Å². The Labute approximate surface area is 140 Å². The number of hydrogen-bond acceptors (Lipinski definition) is 7. The Morgan fingerprint density at radius 3 is 1.76 bits per heavy atom. The molecule has 0 aromatic heterocycles. The fourth-order valence-electron chi connectivity index (χ4n) is 0.737. The summed E-state index contributed by atoms with van der Waals surface area (Å²) in [6.45, 7) is 1.07. The minimum atomic E-state index is -4.68. The molecular weight excluding hydrogens is 420 g/mol.